The Labute approximate surface area is 184 Å². The van der Waals surface area contributed by atoms with Gasteiger partial charge >= 0.3 is 0 Å². The van der Waals surface area contributed by atoms with Crippen molar-refractivity contribution in [1.82, 2.24) is 19.8 Å². The number of nitro benzene ring substituents is 1. The highest BCUT2D eigenvalue weighted by Crippen LogP contribution is 2.33. The van der Waals surface area contributed by atoms with Gasteiger partial charge in [-0.05, 0) is 47.5 Å². The predicted octanol–water partition coefficient (Wildman–Crippen LogP) is 2.82. The number of nitro groups is 1. The van der Waals surface area contributed by atoms with Crippen molar-refractivity contribution < 1.29 is 14.5 Å². The SMILES string of the molecule is O=C(CCC(=O)N1CCn2cccc2C1c1ccc([N+](=O)[O-])cc1)NCc1ccncc1. The van der Waals surface area contributed by atoms with Crippen LogP contribution in [0.5, 0.6) is 0 Å². The molecule has 1 aliphatic rings. The highest BCUT2D eigenvalue weighted by molar-refractivity contribution is 5.84. The van der Waals surface area contributed by atoms with Crippen molar-refractivity contribution in [2.45, 2.75) is 32.0 Å². The minimum absolute atomic E-state index is 0.00341. The van der Waals surface area contributed by atoms with Crippen molar-refractivity contribution >= 4 is 17.5 Å². The zero-order chi connectivity index (χ0) is 22.5. The van der Waals surface area contributed by atoms with Gasteiger partial charge in [0.15, 0.2) is 0 Å². The van der Waals surface area contributed by atoms with Crippen LogP contribution in [0.3, 0.4) is 0 Å². The third kappa shape index (κ3) is 4.66. The van der Waals surface area contributed by atoms with Gasteiger partial charge in [0.2, 0.25) is 11.8 Å². The van der Waals surface area contributed by atoms with Crippen LogP contribution in [0.2, 0.25) is 0 Å². The van der Waals surface area contributed by atoms with Crippen LogP contribution >= 0.6 is 0 Å². The van der Waals surface area contributed by atoms with Gasteiger partial charge in [-0.2, -0.15) is 0 Å². The maximum Gasteiger partial charge on any atom is 0.269 e. The molecule has 3 aromatic rings. The Morgan fingerprint density at radius 1 is 1.06 bits per heavy atom. The number of carbonyl (C=O) groups excluding carboxylic acids is 2. The van der Waals surface area contributed by atoms with E-state index >= 15 is 0 Å². The number of pyridine rings is 1. The lowest BCUT2D eigenvalue weighted by Gasteiger charge is -2.37. The monoisotopic (exact) mass is 433 g/mol. The second kappa shape index (κ2) is 9.42. The Hall–Kier alpha value is -4.01. The van der Waals surface area contributed by atoms with Crippen molar-refractivity contribution in [3.8, 4) is 0 Å². The topological polar surface area (TPSA) is 110 Å². The molecule has 1 aromatic carbocycles. The van der Waals surface area contributed by atoms with Gasteiger partial charge in [-0.3, -0.25) is 24.7 Å². The molecule has 0 saturated heterocycles. The van der Waals surface area contributed by atoms with E-state index in [2.05, 4.69) is 14.9 Å². The highest BCUT2D eigenvalue weighted by atomic mass is 16.6. The Morgan fingerprint density at radius 3 is 2.53 bits per heavy atom. The molecule has 1 N–H and O–H groups in total. The smallest absolute Gasteiger partial charge is 0.269 e. The van der Waals surface area contributed by atoms with Gasteiger partial charge in [0.25, 0.3) is 5.69 Å². The summed E-state index contributed by atoms with van der Waals surface area (Å²) in [5, 5.41) is 13.8. The minimum atomic E-state index is -0.444. The number of non-ortho nitro benzene ring substituents is 1. The Kier molecular flexibility index (Phi) is 6.25. The van der Waals surface area contributed by atoms with Crippen LogP contribution in [0.15, 0.2) is 67.1 Å². The molecule has 0 saturated carbocycles. The van der Waals surface area contributed by atoms with Crippen molar-refractivity contribution in [1.29, 1.82) is 0 Å². The lowest BCUT2D eigenvalue weighted by atomic mass is 9.99. The molecule has 9 nitrogen and oxygen atoms in total. The molecule has 4 rings (SSSR count). The quantitative estimate of drug-likeness (QED) is 0.455. The number of hydrogen-bond acceptors (Lipinski definition) is 5. The van der Waals surface area contributed by atoms with Crippen LogP contribution < -0.4 is 5.32 Å². The molecule has 32 heavy (non-hydrogen) atoms. The van der Waals surface area contributed by atoms with E-state index in [0.29, 0.717) is 19.6 Å². The number of fused-ring (bicyclic) bond motifs is 1. The average molecular weight is 433 g/mol. The summed E-state index contributed by atoms with van der Waals surface area (Å²) in [6.45, 7) is 1.55. The second-order valence-electron chi connectivity index (χ2n) is 7.60. The zero-order valence-corrected chi connectivity index (χ0v) is 17.4. The molecular formula is C23H23N5O4. The molecule has 1 aliphatic heterocycles. The third-order valence-corrected chi connectivity index (χ3v) is 5.58. The summed E-state index contributed by atoms with van der Waals surface area (Å²) >= 11 is 0. The van der Waals surface area contributed by atoms with Crippen LogP contribution in [-0.2, 0) is 22.7 Å². The zero-order valence-electron chi connectivity index (χ0n) is 17.4. The van der Waals surface area contributed by atoms with Gasteiger partial charge in [0.1, 0.15) is 0 Å². The largest absolute Gasteiger partial charge is 0.352 e. The summed E-state index contributed by atoms with van der Waals surface area (Å²) < 4.78 is 2.08. The van der Waals surface area contributed by atoms with Gasteiger partial charge < -0.3 is 14.8 Å². The first-order valence-corrected chi connectivity index (χ1v) is 10.4. The van der Waals surface area contributed by atoms with E-state index in [9.17, 15) is 19.7 Å². The standard InChI is InChI=1S/C23H23N5O4/c29-21(25-16-17-9-11-24-12-10-17)7-8-22(30)27-15-14-26-13-1-2-20(26)23(27)18-3-5-19(6-4-18)28(31)32/h1-6,9-13,23H,7-8,14-16H2,(H,25,29). The number of nitrogens with zero attached hydrogens (tertiary/aromatic N) is 4. The van der Waals surface area contributed by atoms with Crippen molar-refractivity contribution in [3.05, 3.63) is 94.1 Å². The lowest BCUT2D eigenvalue weighted by Crippen LogP contribution is -2.42. The normalized spacial score (nSPS) is 15.1. The van der Waals surface area contributed by atoms with E-state index < -0.39 is 4.92 Å². The summed E-state index contributed by atoms with van der Waals surface area (Å²) in [6.07, 6.45) is 5.47. The van der Waals surface area contributed by atoms with E-state index in [4.69, 9.17) is 0 Å². The summed E-state index contributed by atoms with van der Waals surface area (Å²) in [7, 11) is 0. The van der Waals surface area contributed by atoms with Crippen LogP contribution in [0.1, 0.15) is 35.7 Å². The highest BCUT2D eigenvalue weighted by Gasteiger charge is 2.32. The summed E-state index contributed by atoms with van der Waals surface area (Å²) in [5.74, 6) is -0.317. The number of benzene rings is 1. The minimum Gasteiger partial charge on any atom is -0.352 e. The number of rotatable bonds is 7. The van der Waals surface area contributed by atoms with E-state index in [-0.39, 0.29) is 36.4 Å². The molecule has 9 heteroatoms. The first-order chi connectivity index (χ1) is 15.5. The van der Waals surface area contributed by atoms with Gasteiger partial charge in [0, 0.05) is 68.9 Å². The molecule has 2 aromatic heterocycles. The molecule has 0 radical (unpaired) electrons. The molecule has 164 valence electrons. The molecule has 0 spiro atoms. The fourth-order valence-electron chi connectivity index (χ4n) is 3.93. The van der Waals surface area contributed by atoms with Crippen LogP contribution in [-0.4, -0.2) is 37.7 Å². The molecule has 1 atom stereocenters. The number of amides is 2. The van der Waals surface area contributed by atoms with Gasteiger partial charge in [0.05, 0.1) is 11.0 Å². The van der Waals surface area contributed by atoms with Crippen molar-refractivity contribution in [2.75, 3.05) is 6.54 Å². The lowest BCUT2D eigenvalue weighted by molar-refractivity contribution is -0.384. The average Bonchev–Trinajstić information content (AvgIpc) is 3.30. The van der Waals surface area contributed by atoms with Gasteiger partial charge in [-0.15, -0.1) is 0 Å². The van der Waals surface area contributed by atoms with Crippen LogP contribution in [0.25, 0.3) is 0 Å². The molecule has 0 fully saturated rings. The van der Waals surface area contributed by atoms with E-state index in [1.807, 2.05) is 30.5 Å². The fraction of sp³-hybridized carbons (Fsp3) is 0.261. The number of nitrogens with one attached hydrogen (secondary N) is 1. The summed E-state index contributed by atoms with van der Waals surface area (Å²) in [5.41, 5.74) is 2.68. The Balaban J connectivity index is 1.44. The molecule has 3 heterocycles. The molecular weight excluding hydrogens is 410 g/mol. The Morgan fingerprint density at radius 2 is 1.81 bits per heavy atom. The van der Waals surface area contributed by atoms with Crippen molar-refractivity contribution in [3.63, 3.8) is 0 Å². The molecule has 0 bridgehead atoms. The van der Waals surface area contributed by atoms with Gasteiger partial charge in [-0.25, -0.2) is 0 Å². The predicted molar refractivity (Wildman–Crippen MR) is 116 cm³/mol. The second-order valence-corrected chi connectivity index (χ2v) is 7.60. The van der Waals surface area contributed by atoms with Crippen LogP contribution in [0.4, 0.5) is 5.69 Å². The third-order valence-electron chi connectivity index (χ3n) is 5.58. The Bertz CT molecular complexity index is 1110. The maximum absolute atomic E-state index is 13.1. The van der Waals surface area contributed by atoms with E-state index in [1.165, 1.54) is 12.1 Å². The summed E-state index contributed by atoms with van der Waals surface area (Å²) in [4.78, 5) is 41.6. The summed E-state index contributed by atoms with van der Waals surface area (Å²) in [6, 6.07) is 13.4. The number of aromatic nitrogens is 2. The van der Waals surface area contributed by atoms with Gasteiger partial charge in [-0.1, -0.05) is 0 Å². The van der Waals surface area contributed by atoms with E-state index in [1.54, 1.807) is 29.4 Å². The molecule has 2 amide bonds. The van der Waals surface area contributed by atoms with E-state index in [0.717, 1.165) is 16.8 Å². The fourth-order valence-corrected chi connectivity index (χ4v) is 3.93. The number of carbonyl (C=O) groups is 2. The molecule has 0 aliphatic carbocycles. The number of hydrogen-bond donors (Lipinski definition) is 1. The first kappa shape index (κ1) is 21.2. The van der Waals surface area contributed by atoms with Crippen molar-refractivity contribution in [2.24, 2.45) is 0 Å². The first-order valence-electron chi connectivity index (χ1n) is 10.4. The van der Waals surface area contributed by atoms with Crippen LogP contribution in [0, 0.1) is 10.1 Å². The maximum atomic E-state index is 13.1. The molecule has 1 unspecified atom stereocenters.